The molecule has 0 bridgehead atoms. The van der Waals surface area contributed by atoms with Crippen molar-refractivity contribution in [3.8, 4) is 0 Å². The lowest BCUT2D eigenvalue weighted by molar-refractivity contribution is 0.0925. The molecule has 1 atom stereocenters. The zero-order valence-corrected chi connectivity index (χ0v) is 12.7. The number of aromatic nitrogens is 2. The summed E-state index contributed by atoms with van der Waals surface area (Å²) >= 11 is 5.75. The molecule has 19 heavy (non-hydrogen) atoms. The summed E-state index contributed by atoms with van der Waals surface area (Å²) < 4.78 is 0. The summed E-state index contributed by atoms with van der Waals surface area (Å²) in [5.74, 6) is -0.216. The normalized spacial score (nSPS) is 12.5. The van der Waals surface area contributed by atoms with Crippen LogP contribution in [0.3, 0.4) is 0 Å². The van der Waals surface area contributed by atoms with Crippen molar-refractivity contribution < 1.29 is 4.79 Å². The molecule has 0 fully saturated rings. The fraction of sp³-hybridized carbons (Fsp3) is 0.615. The average molecular weight is 285 g/mol. The number of carbonyl (C=O) groups excluding carboxylic acids is 1. The van der Waals surface area contributed by atoms with Crippen LogP contribution in [0.4, 0.5) is 0 Å². The number of rotatable bonds is 6. The summed E-state index contributed by atoms with van der Waals surface area (Å²) in [6.07, 6.45) is 0. The first kappa shape index (κ1) is 15.9. The van der Waals surface area contributed by atoms with Crippen LogP contribution in [0, 0.1) is 6.92 Å². The highest BCUT2D eigenvalue weighted by Gasteiger charge is 2.14. The number of aryl methyl sites for hydroxylation is 1. The standard InChI is InChI=1S/C13H21ClN4O/c1-5-18(6-2)8-10(4)15-12(19)11-7-9(3)16-13(14)17-11/h7,10H,5-6,8H2,1-4H3,(H,15,19). The van der Waals surface area contributed by atoms with Gasteiger partial charge in [0.15, 0.2) is 0 Å². The lowest BCUT2D eigenvalue weighted by Gasteiger charge is -2.23. The lowest BCUT2D eigenvalue weighted by Crippen LogP contribution is -2.42. The number of nitrogens with zero attached hydrogens (tertiary/aromatic N) is 3. The zero-order valence-electron chi connectivity index (χ0n) is 11.9. The molecule has 1 rings (SSSR count). The molecule has 5 nitrogen and oxygen atoms in total. The Kier molecular flexibility index (Phi) is 6.18. The maximum Gasteiger partial charge on any atom is 0.270 e. The monoisotopic (exact) mass is 284 g/mol. The van der Waals surface area contributed by atoms with Gasteiger partial charge in [0.05, 0.1) is 0 Å². The molecule has 0 aliphatic rings. The highest BCUT2D eigenvalue weighted by atomic mass is 35.5. The van der Waals surface area contributed by atoms with Gasteiger partial charge in [-0.25, -0.2) is 9.97 Å². The maximum absolute atomic E-state index is 12.0. The molecule has 1 N–H and O–H groups in total. The summed E-state index contributed by atoms with van der Waals surface area (Å²) in [6, 6.07) is 1.69. The van der Waals surface area contributed by atoms with Crippen LogP contribution in [0.2, 0.25) is 5.28 Å². The van der Waals surface area contributed by atoms with E-state index in [1.807, 2.05) is 6.92 Å². The van der Waals surface area contributed by atoms with E-state index in [0.29, 0.717) is 11.4 Å². The number of likely N-dealkylation sites (N-methyl/N-ethyl adjacent to an activating group) is 1. The Balaban J connectivity index is 2.63. The van der Waals surface area contributed by atoms with Crippen molar-refractivity contribution in [1.82, 2.24) is 20.2 Å². The minimum atomic E-state index is -0.216. The second-order valence-corrected chi connectivity index (χ2v) is 4.86. The van der Waals surface area contributed by atoms with E-state index in [0.717, 1.165) is 19.6 Å². The molecule has 0 spiro atoms. The molecule has 0 aromatic carbocycles. The maximum atomic E-state index is 12.0. The molecule has 0 aliphatic heterocycles. The number of amides is 1. The van der Waals surface area contributed by atoms with Crippen molar-refractivity contribution in [3.63, 3.8) is 0 Å². The van der Waals surface area contributed by atoms with Gasteiger partial charge in [0.1, 0.15) is 5.69 Å². The Morgan fingerprint density at radius 3 is 2.58 bits per heavy atom. The summed E-state index contributed by atoms with van der Waals surface area (Å²) in [6.45, 7) is 10.7. The highest BCUT2D eigenvalue weighted by molar-refractivity contribution is 6.28. The Morgan fingerprint density at radius 2 is 2.05 bits per heavy atom. The molecule has 0 saturated carbocycles. The van der Waals surface area contributed by atoms with Crippen molar-refractivity contribution in [3.05, 3.63) is 22.7 Å². The molecule has 1 amide bonds. The Morgan fingerprint density at radius 1 is 1.42 bits per heavy atom. The third-order valence-electron chi connectivity index (χ3n) is 2.86. The first-order valence-electron chi connectivity index (χ1n) is 6.50. The summed E-state index contributed by atoms with van der Waals surface area (Å²) in [4.78, 5) is 22.2. The van der Waals surface area contributed by atoms with Crippen LogP contribution in [0.25, 0.3) is 0 Å². The predicted octanol–water partition coefficient (Wildman–Crippen LogP) is 1.90. The van der Waals surface area contributed by atoms with Crippen LogP contribution in [0.1, 0.15) is 37.0 Å². The topological polar surface area (TPSA) is 58.1 Å². The Hall–Kier alpha value is -1.20. The van der Waals surface area contributed by atoms with E-state index in [2.05, 4.69) is 34.0 Å². The molecule has 1 heterocycles. The average Bonchev–Trinajstić information content (AvgIpc) is 2.34. The van der Waals surface area contributed by atoms with Crippen LogP contribution in [0.5, 0.6) is 0 Å². The molecule has 0 radical (unpaired) electrons. The van der Waals surface area contributed by atoms with Crippen LogP contribution in [-0.2, 0) is 0 Å². The largest absolute Gasteiger partial charge is 0.347 e. The van der Waals surface area contributed by atoms with Gasteiger partial charge in [-0.3, -0.25) is 4.79 Å². The molecular weight excluding hydrogens is 264 g/mol. The van der Waals surface area contributed by atoms with Crippen LogP contribution in [0.15, 0.2) is 6.07 Å². The fourth-order valence-corrected chi connectivity index (χ4v) is 2.09. The van der Waals surface area contributed by atoms with Crippen LogP contribution < -0.4 is 5.32 Å². The first-order chi connectivity index (χ1) is 8.96. The number of hydrogen-bond donors (Lipinski definition) is 1. The minimum Gasteiger partial charge on any atom is -0.347 e. The van der Waals surface area contributed by atoms with Gasteiger partial charge in [-0.2, -0.15) is 0 Å². The molecule has 1 unspecified atom stereocenters. The molecule has 0 saturated heterocycles. The van der Waals surface area contributed by atoms with Crippen molar-refractivity contribution >= 4 is 17.5 Å². The van der Waals surface area contributed by atoms with Crippen molar-refractivity contribution in [1.29, 1.82) is 0 Å². The number of carbonyl (C=O) groups is 1. The van der Waals surface area contributed by atoms with Gasteiger partial charge in [0, 0.05) is 18.3 Å². The quantitative estimate of drug-likeness (QED) is 0.811. The van der Waals surface area contributed by atoms with E-state index in [9.17, 15) is 4.79 Å². The second kappa shape index (κ2) is 7.40. The third-order valence-corrected chi connectivity index (χ3v) is 3.03. The minimum absolute atomic E-state index is 0.0569. The van der Waals surface area contributed by atoms with E-state index in [1.54, 1.807) is 13.0 Å². The van der Waals surface area contributed by atoms with E-state index in [4.69, 9.17) is 11.6 Å². The first-order valence-corrected chi connectivity index (χ1v) is 6.88. The fourth-order valence-electron chi connectivity index (χ4n) is 1.86. The van der Waals surface area contributed by atoms with Crippen LogP contribution in [-0.4, -0.2) is 46.5 Å². The second-order valence-electron chi connectivity index (χ2n) is 4.52. The van der Waals surface area contributed by atoms with Gasteiger partial charge in [-0.05, 0) is 44.6 Å². The van der Waals surface area contributed by atoms with Crippen LogP contribution >= 0.6 is 11.6 Å². The molecule has 106 valence electrons. The lowest BCUT2D eigenvalue weighted by atomic mass is 10.2. The van der Waals surface area contributed by atoms with Gasteiger partial charge in [0.2, 0.25) is 5.28 Å². The highest BCUT2D eigenvalue weighted by Crippen LogP contribution is 2.05. The number of nitrogens with one attached hydrogen (secondary N) is 1. The van der Waals surface area contributed by atoms with E-state index in [1.165, 1.54) is 0 Å². The van der Waals surface area contributed by atoms with E-state index in [-0.39, 0.29) is 17.2 Å². The SMILES string of the molecule is CCN(CC)CC(C)NC(=O)c1cc(C)nc(Cl)n1. The zero-order chi connectivity index (χ0) is 14.4. The number of hydrogen-bond acceptors (Lipinski definition) is 4. The van der Waals surface area contributed by atoms with Gasteiger partial charge >= 0.3 is 0 Å². The van der Waals surface area contributed by atoms with Gasteiger partial charge in [-0.1, -0.05) is 13.8 Å². The molecule has 6 heteroatoms. The summed E-state index contributed by atoms with van der Waals surface area (Å²) in [7, 11) is 0. The predicted molar refractivity (Wildman–Crippen MR) is 76.5 cm³/mol. The summed E-state index contributed by atoms with van der Waals surface area (Å²) in [5, 5.41) is 3.02. The molecule has 0 aliphatic carbocycles. The van der Waals surface area contributed by atoms with Gasteiger partial charge in [0.25, 0.3) is 5.91 Å². The third kappa shape index (κ3) is 5.12. The van der Waals surface area contributed by atoms with E-state index < -0.39 is 0 Å². The van der Waals surface area contributed by atoms with E-state index >= 15 is 0 Å². The molecule has 1 aromatic rings. The Labute approximate surface area is 119 Å². The number of halogens is 1. The summed E-state index contributed by atoms with van der Waals surface area (Å²) in [5.41, 5.74) is 0.991. The smallest absolute Gasteiger partial charge is 0.270 e. The van der Waals surface area contributed by atoms with Crippen molar-refractivity contribution in [2.45, 2.75) is 33.7 Å². The Bertz CT molecular complexity index is 414. The molecular formula is C13H21ClN4O. The molecule has 1 aromatic heterocycles. The van der Waals surface area contributed by atoms with Gasteiger partial charge in [-0.15, -0.1) is 0 Å². The van der Waals surface area contributed by atoms with Crippen molar-refractivity contribution in [2.75, 3.05) is 19.6 Å². The van der Waals surface area contributed by atoms with Crippen molar-refractivity contribution in [2.24, 2.45) is 0 Å². The van der Waals surface area contributed by atoms with Gasteiger partial charge < -0.3 is 10.2 Å².